The van der Waals surface area contributed by atoms with Gasteiger partial charge in [-0.3, -0.25) is 9.67 Å². The standard InChI is InChI=1S/C19H33N5O.HI/c1-4-20-19(21-12-15-7-9-25-10-8-15)22-17-6-5-16-13-24(14(2)3)23-18(16)11-17;/h13-15,17H,4-12H2,1-3H3,(H2,20,21,22);1H. The predicted octanol–water partition coefficient (Wildman–Crippen LogP) is 2.92. The first-order valence-electron chi connectivity index (χ1n) is 9.85. The molecular formula is C19H34IN5O. The molecule has 148 valence electrons. The summed E-state index contributed by atoms with van der Waals surface area (Å²) < 4.78 is 7.53. The molecule has 2 N–H and O–H groups in total. The zero-order chi connectivity index (χ0) is 17.6. The highest BCUT2D eigenvalue weighted by molar-refractivity contribution is 14.0. The lowest BCUT2D eigenvalue weighted by Crippen LogP contribution is -2.46. The van der Waals surface area contributed by atoms with Crippen molar-refractivity contribution in [3.05, 3.63) is 17.5 Å². The first-order valence-corrected chi connectivity index (χ1v) is 9.85. The normalized spacial score (nSPS) is 21.2. The number of aliphatic imine (C=N–C) groups is 1. The number of fused-ring (bicyclic) bond motifs is 1. The van der Waals surface area contributed by atoms with Crippen molar-refractivity contribution < 1.29 is 4.74 Å². The summed E-state index contributed by atoms with van der Waals surface area (Å²) in [7, 11) is 0. The van der Waals surface area contributed by atoms with Crippen LogP contribution in [0, 0.1) is 5.92 Å². The van der Waals surface area contributed by atoms with E-state index in [2.05, 4.69) is 42.3 Å². The molecule has 1 aromatic rings. The van der Waals surface area contributed by atoms with Gasteiger partial charge in [0.15, 0.2) is 5.96 Å². The van der Waals surface area contributed by atoms with Crippen LogP contribution in [0.2, 0.25) is 0 Å². The summed E-state index contributed by atoms with van der Waals surface area (Å²) in [6.45, 7) is 10.0. The third-order valence-electron chi connectivity index (χ3n) is 5.16. The van der Waals surface area contributed by atoms with Gasteiger partial charge >= 0.3 is 0 Å². The number of aryl methyl sites for hydroxylation is 1. The number of rotatable bonds is 5. The molecular weight excluding hydrogens is 441 g/mol. The van der Waals surface area contributed by atoms with Gasteiger partial charge in [0, 0.05) is 51.0 Å². The lowest BCUT2D eigenvalue weighted by molar-refractivity contribution is 0.0689. The highest BCUT2D eigenvalue weighted by atomic mass is 127. The van der Waals surface area contributed by atoms with E-state index in [1.54, 1.807) is 0 Å². The van der Waals surface area contributed by atoms with Crippen LogP contribution < -0.4 is 10.6 Å². The lowest BCUT2D eigenvalue weighted by Gasteiger charge is -2.25. The Kier molecular flexibility index (Phi) is 8.66. The largest absolute Gasteiger partial charge is 0.381 e. The number of ether oxygens (including phenoxy) is 1. The molecule has 1 aliphatic heterocycles. The van der Waals surface area contributed by atoms with Crippen molar-refractivity contribution in [2.24, 2.45) is 10.9 Å². The third kappa shape index (κ3) is 5.84. The van der Waals surface area contributed by atoms with E-state index in [0.717, 1.165) is 64.4 Å². The fraction of sp³-hybridized carbons (Fsp3) is 0.789. The maximum absolute atomic E-state index is 5.44. The van der Waals surface area contributed by atoms with E-state index in [4.69, 9.17) is 14.8 Å². The lowest BCUT2D eigenvalue weighted by atomic mass is 9.94. The summed E-state index contributed by atoms with van der Waals surface area (Å²) in [6.07, 6.45) is 7.69. The van der Waals surface area contributed by atoms with Crippen LogP contribution in [0.4, 0.5) is 0 Å². The fourth-order valence-electron chi connectivity index (χ4n) is 3.56. The van der Waals surface area contributed by atoms with E-state index in [1.165, 1.54) is 11.3 Å². The Balaban J connectivity index is 0.00000243. The second-order valence-electron chi connectivity index (χ2n) is 7.53. The zero-order valence-corrected chi connectivity index (χ0v) is 18.7. The molecule has 2 heterocycles. The molecule has 1 fully saturated rings. The van der Waals surface area contributed by atoms with Crippen molar-refractivity contribution >= 4 is 29.9 Å². The number of halogens is 1. The van der Waals surface area contributed by atoms with Crippen LogP contribution >= 0.6 is 24.0 Å². The average Bonchev–Trinajstić information content (AvgIpc) is 3.04. The number of nitrogens with zero attached hydrogens (tertiary/aromatic N) is 3. The second kappa shape index (κ2) is 10.5. The minimum atomic E-state index is 0. The summed E-state index contributed by atoms with van der Waals surface area (Å²) in [5.74, 6) is 1.61. The number of aromatic nitrogens is 2. The van der Waals surface area contributed by atoms with Gasteiger partial charge in [0.05, 0.1) is 5.69 Å². The van der Waals surface area contributed by atoms with E-state index >= 15 is 0 Å². The van der Waals surface area contributed by atoms with Crippen molar-refractivity contribution in [2.75, 3.05) is 26.3 Å². The number of guanidine groups is 1. The third-order valence-corrected chi connectivity index (χ3v) is 5.16. The van der Waals surface area contributed by atoms with Crippen LogP contribution in [0.5, 0.6) is 0 Å². The number of nitrogens with one attached hydrogen (secondary N) is 2. The smallest absolute Gasteiger partial charge is 0.191 e. The molecule has 1 saturated heterocycles. The van der Waals surface area contributed by atoms with E-state index in [9.17, 15) is 0 Å². The molecule has 1 atom stereocenters. The minimum Gasteiger partial charge on any atom is -0.381 e. The Morgan fingerprint density at radius 1 is 1.35 bits per heavy atom. The fourth-order valence-corrected chi connectivity index (χ4v) is 3.56. The zero-order valence-electron chi connectivity index (χ0n) is 16.3. The van der Waals surface area contributed by atoms with Gasteiger partial charge < -0.3 is 15.4 Å². The van der Waals surface area contributed by atoms with Gasteiger partial charge in [-0.2, -0.15) is 5.10 Å². The summed E-state index contributed by atoms with van der Waals surface area (Å²) in [4.78, 5) is 4.83. The molecule has 1 unspecified atom stereocenters. The molecule has 7 heteroatoms. The SMILES string of the molecule is CCNC(=NCC1CCOCC1)NC1CCc2cn(C(C)C)nc2C1.I. The summed E-state index contributed by atoms with van der Waals surface area (Å²) in [5.41, 5.74) is 2.66. The quantitative estimate of drug-likeness (QED) is 0.391. The predicted molar refractivity (Wildman–Crippen MR) is 116 cm³/mol. The Bertz CT molecular complexity index is 580. The molecule has 0 amide bonds. The molecule has 2 aliphatic rings. The van der Waals surface area contributed by atoms with E-state index in [0.29, 0.717) is 18.0 Å². The maximum Gasteiger partial charge on any atom is 0.191 e. The van der Waals surface area contributed by atoms with Crippen molar-refractivity contribution in [2.45, 2.75) is 65.0 Å². The van der Waals surface area contributed by atoms with Gasteiger partial charge in [0.1, 0.15) is 0 Å². The van der Waals surface area contributed by atoms with E-state index in [1.807, 2.05) is 0 Å². The Hall–Kier alpha value is -0.830. The molecule has 0 aromatic carbocycles. The molecule has 0 saturated carbocycles. The number of hydrogen-bond donors (Lipinski definition) is 2. The van der Waals surface area contributed by atoms with Crippen LogP contribution in [0.1, 0.15) is 57.3 Å². The van der Waals surface area contributed by atoms with Crippen LogP contribution in [0.3, 0.4) is 0 Å². The molecule has 1 aromatic heterocycles. The monoisotopic (exact) mass is 475 g/mol. The van der Waals surface area contributed by atoms with Gasteiger partial charge in [-0.1, -0.05) is 0 Å². The molecule has 0 bridgehead atoms. The average molecular weight is 475 g/mol. The Morgan fingerprint density at radius 3 is 2.81 bits per heavy atom. The van der Waals surface area contributed by atoms with Crippen molar-refractivity contribution in [1.29, 1.82) is 0 Å². The van der Waals surface area contributed by atoms with Gasteiger partial charge in [-0.15, -0.1) is 24.0 Å². The highest BCUT2D eigenvalue weighted by Gasteiger charge is 2.23. The Labute approximate surface area is 174 Å². The molecule has 1 aliphatic carbocycles. The van der Waals surface area contributed by atoms with Gasteiger partial charge in [0.25, 0.3) is 0 Å². The second-order valence-corrected chi connectivity index (χ2v) is 7.53. The van der Waals surface area contributed by atoms with Crippen LogP contribution in [0.25, 0.3) is 0 Å². The van der Waals surface area contributed by atoms with Crippen LogP contribution in [-0.2, 0) is 17.6 Å². The van der Waals surface area contributed by atoms with E-state index in [-0.39, 0.29) is 24.0 Å². The number of hydrogen-bond acceptors (Lipinski definition) is 3. The van der Waals surface area contributed by atoms with Crippen molar-refractivity contribution in [3.8, 4) is 0 Å². The summed E-state index contributed by atoms with van der Waals surface area (Å²) in [5, 5.41) is 11.8. The molecule has 6 nitrogen and oxygen atoms in total. The van der Waals surface area contributed by atoms with Crippen LogP contribution in [-0.4, -0.2) is 48.1 Å². The van der Waals surface area contributed by atoms with Gasteiger partial charge in [-0.05, 0) is 57.9 Å². The van der Waals surface area contributed by atoms with E-state index < -0.39 is 0 Å². The molecule has 0 spiro atoms. The highest BCUT2D eigenvalue weighted by Crippen LogP contribution is 2.22. The first kappa shape index (κ1) is 21.5. The van der Waals surface area contributed by atoms with Crippen molar-refractivity contribution in [1.82, 2.24) is 20.4 Å². The van der Waals surface area contributed by atoms with Crippen LogP contribution in [0.15, 0.2) is 11.2 Å². The van der Waals surface area contributed by atoms with Gasteiger partial charge in [0.2, 0.25) is 0 Å². The molecule has 0 radical (unpaired) electrons. The summed E-state index contributed by atoms with van der Waals surface area (Å²) >= 11 is 0. The minimum absolute atomic E-state index is 0. The maximum atomic E-state index is 5.44. The molecule has 26 heavy (non-hydrogen) atoms. The molecule has 3 rings (SSSR count). The Morgan fingerprint density at radius 2 is 2.12 bits per heavy atom. The van der Waals surface area contributed by atoms with Gasteiger partial charge in [-0.25, -0.2) is 0 Å². The summed E-state index contributed by atoms with van der Waals surface area (Å²) in [6, 6.07) is 0.839. The van der Waals surface area contributed by atoms with Crippen molar-refractivity contribution in [3.63, 3.8) is 0 Å². The topological polar surface area (TPSA) is 63.5 Å². The first-order chi connectivity index (χ1) is 12.2.